The average molecular weight is 252 g/mol. The van der Waals surface area contributed by atoms with E-state index in [0.29, 0.717) is 5.69 Å². The third-order valence-electron chi connectivity index (χ3n) is 2.35. The van der Waals surface area contributed by atoms with E-state index in [2.05, 4.69) is 10.3 Å². The molecule has 0 saturated carbocycles. The number of amides is 1. The van der Waals surface area contributed by atoms with Gasteiger partial charge in [0.25, 0.3) is 11.5 Å². The van der Waals surface area contributed by atoms with Crippen molar-refractivity contribution in [1.82, 2.24) is 10.3 Å². The number of aliphatic carboxylic acids is 1. The minimum absolute atomic E-state index is 0.0286. The maximum atomic E-state index is 11.8. The van der Waals surface area contributed by atoms with Crippen molar-refractivity contribution in [1.29, 1.82) is 0 Å². The zero-order chi connectivity index (χ0) is 13.9. The van der Waals surface area contributed by atoms with Crippen molar-refractivity contribution in [2.24, 2.45) is 0 Å². The summed E-state index contributed by atoms with van der Waals surface area (Å²) in [6.07, 6.45) is -0.220. The van der Waals surface area contributed by atoms with Gasteiger partial charge in [-0.1, -0.05) is 0 Å². The molecule has 18 heavy (non-hydrogen) atoms. The molecule has 6 heteroatoms. The van der Waals surface area contributed by atoms with Crippen LogP contribution in [-0.2, 0) is 4.79 Å². The van der Waals surface area contributed by atoms with Crippen molar-refractivity contribution >= 4 is 11.9 Å². The van der Waals surface area contributed by atoms with Crippen LogP contribution in [0.4, 0.5) is 0 Å². The monoisotopic (exact) mass is 252 g/mol. The highest BCUT2D eigenvalue weighted by molar-refractivity contribution is 5.94. The first-order valence-corrected chi connectivity index (χ1v) is 5.45. The Bertz CT molecular complexity index is 531. The fourth-order valence-corrected chi connectivity index (χ4v) is 1.55. The van der Waals surface area contributed by atoms with Gasteiger partial charge in [-0.15, -0.1) is 0 Å². The third kappa shape index (κ3) is 3.73. The van der Waals surface area contributed by atoms with Crippen LogP contribution in [0.25, 0.3) is 0 Å². The smallest absolute Gasteiger partial charge is 0.305 e. The van der Waals surface area contributed by atoms with Crippen molar-refractivity contribution in [3.05, 3.63) is 33.7 Å². The van der Waals surface area contributed by atoms with E-state index in [4.69, 9.17) is 5.11 Å². The Labute approximate surface area is 104 Å². The molecule has 0 aromatic carbocycles. The van der Waals surface area contributed by atoms with Gasteiger partial charge in [0.15, 0.2) is 0 Å². The lowest BCUT2D eigenvalue weighted by atomic mass is 10.0. The van der Waals surface area contributed by atoms with E-state index >= 15 is 0 Å². The lowest BCUT2D eigenvalue weighted by molar-refractivity contribution is -0.138. The minimum Gasteiger partial charge on any atom is -0.481 e. The molecular formula is C12H16N2O4. The van der Waals surface area contributed by atoms with Crippen molar-refractivity contribution < 1.29 is 14.7 Å². The summed E-state index contributed by atoms with van der Waals surface area (Å²) in [4.78, 5) is 36.5. The molecule has 0 atom stereocenters. The van der Waals surface area contributed by atoms with Crippen LogP contribution in [0.3, 0.4) is 0 Å². The number of carboxylic acid groups (broad SMARTS) is 1. The molecule has 3 N–H and O–H groups in total. The number of hydrogen-bond acceptors (Lipinski definition) is 3. The predicted octanol–water partition coefficient (Wildman–Crippen LogP) is 0.666. The van der Waals surface area contributed by atoms with Crippen LogP contribution in [0.15, 0.2) is 16.9 Å². The molecule has 1 rings (SSSR count). The van der Waals surface area contributed by atoms with Crippen LogP contribution in [-0.4, -0.2) is 27.5 Å². The van der Waals surface area contributed by atoms with Gasteiger partial charge in [-0.2, -0.15) is 0 Å². The van der Waals surface area contributed by atoms with E-state index in [9.17, 15) is 14.4 Å². The topological polar surface area (TPSA) is 99.3 Å². The average Bonchev–Trinajstić information content (AvgIpc) is 2.13. The number of rotatable bonds is 4. The van der Waals surface area contributed by atoms with Crippen LogP contribution < -0.4 is 10.9 Å². The van der Waals surface area contributed by atoms with Crippen LogP contribution in [0.2, 0.25) is 0 Å². The molecule has 0 saturated heterocycles. The molecular weight excluding hydrogens is 236 g/mol. The maximum Gasteiger partial charge on any atom is 0.305 e. The standard InChI is InChI=1S/C12H16N2O4/c1-7-4-5-8(10(17)13-7)11(18)14-12(2,3)6-9(15)16/h4-5H,6H2,1-3H3,(H,13,17)(H,14,18)(H,15,16). The fraction of sp³-hybridized carbons (Fsp3) is 0.417. The van der Waals surface area contributed by atoms with Gasteiger partial charge in [-0.05, 0) is 32.9 Å². The molecule has 0 spiro atoms. The number of aromatic amines is 1. The van der Waals surface area contributed by atoms with Gasteiger partial charge in [0.1, 0.15) is 5.56 Å². The second-order valence-corrected chi connectivity index (χ2v) is 4.79. The number of carbonyl (C=O) groups excluding carboxylic acids is 1. The molecule has 1 heterocycles. The molecule has 0 fully saturated rings. The highest BCUT2D eigenvalue weighted by Crippen LogP contribution is 2.09. The molecule has 0 aliphatic rings. The van der Waals surface area contributed by atoms with Crippen molar-refractivity contribution in [3.63, 3.8) is 0 Å². The zero-order valence-corrected chi connectivity index (χ0v) is 10.5. The van der Waals surface area contributed by atoms with E-state index in [1.165, 1.54) is 6.07 Å². The van der Waals surface area contributed by atoms with E-state index in [1.54, 1.807) is 26.8 Å². The Kier molecular flexibility index (Phi) is 3.90. The summed E-state index contributed by atoms with van der Waals surface area (Å²) in [6.45, 7) is 4.88. The summed E-state index contributed by atoms with van der Waals surface area (Å²) in [5.74, 6) is -1.60. The highest BCUT2D eigenvalue weighted by atomic mass is 16.4. The Hall–Kier alpha value is -2.11. The first-order chi connectivity index (χ1) is 8.21. The Morgan fingerprint density at radius 3 is 2.50 bits per heavy atom. The Morgan fingerprint density at radius 1 is 1.39 bits per heavy atom. The number of hydrogen-bond donors (Lipinski definition) is 3. The number of carbonyl (C=O) groups is 2. The number of aromatic nitrogens is 1. The van der Waals surface area contributed by atoms with E-state index in [-0.39, 0.29) is 12.0 Å². The van der Waals surface area contributed by atoms with Gasteiger partial charge < -0.3 is 15.4 Å². The molecule has 0 aliphatic heterocycles. The first kappa shape index (κ1) is 14.0. The molecule has 98 valence electrons. The summed E-state index contributed by atoms with van der Waals surface area (Å²) in [5, 5.41) is 11.2. The second kappa shape index (κ2) is 5.03. The first-order valence-electron chi connectivity index (χ1n) is 5.45. The fourth-order valence-electron chi connectivity index (χ4n) is 1.55. The number of pyridine rings is 1. The van der Waals surface area contributed by atoms with Gasteiger partial charge in [0.2, 0.25) is 0 Å². The number of carboxylic acids is 1. The Balaban J connectivity index is 2.89. The summed E-state index contributed by atoms with van der Waals surface area (Å²) in [6, 6.07) is 3.03. The quantitative estimate of drug-likeness (QED) is 0.733. The SMILES string of the molecule is Cc1ccc(C(=O)NC(C)(C)CC(=O)O)c(=O)[nH]1. The van der Waals surface area contributed by atoms with Crippen molar-refractivity contribution in [2.45, 2.75) is 32.7 Å². The molecule has 0 aliphatic carbocycles. The van der Waals surface area contributed by atoms with Crippen LogP contribution in [0, 0.1) is 6.92 Å². The van der Waals surface area contributed by atoms with Gasteiger partial charge in [-0.3, -0.25) is 14.4 Å². The lowest BCUT2D eigenvalue weighted by Gasteiger charge is -2.24. The van der Waals surface area contributed by atoms with Crippen LogP contribution >= 0.6 is 0 Å². The van der Waals surface area contributed by atoms with E-state index in [0.717, 1.165) is 0 Å². The van der Waals surface area contributed by atoms with Gasteiger partial charge >= 0.3 is 5.97 Å². The maximum absolute atomic E-state index is 11.8. The van der Waals surface area contributed by atoms with E-state index < -0.39 is 23.0 Å². The predicted molar refractivity (Wildman–Crippen MR) is 65.6 cm³/mol. The molecule has 0 unspecified atom stereocenters. The third-order valence-corrected chi connectivity index (χ3v) is 2.35. The lowest BCUT2D eigenvalue weighted by Crippen LogP contribution is -2.46. The molecule has 1 aromatic rings. The number of H-pyrrole nitrogens is 1. The molecule has 1 amide bonds. The summed E-state index contributed by atoms with van der Waals surface area (Å²) >= 11 is 0. The van der Waals surface area contributed by atoms with Gasteiger partial charge in [-0.25, -0.2) is 0 Å². The summed E-state index contributed by atoms with van der Waals surface area (Å²) in [7, 11) is 0. The number of nitrogens with one attached hydrogen (secondary N) is 2. The van der Waals surface area contributed by atoms with Gasteiger partial charge in [0.05, 0.1) is 6.42 Å². The normalized spacial score (nSPS) is 11.1. The van der Waals surface area contributed by atoms with Gasteiger partial charge in [0, 0.05) is 11.2 Å². The minimum atomic E-state index is -1.02. The molecule has 6 nitrogen and oxygen atoms in total. The largest absolute Gasteiger partial charge is 0.481 e. The summed E-state index contributed by atoms with van der Waals surface area (Å²) < 4.78 is 0. The second-order valence-electron chi connectivity index (χ2n) is 4.79. The molecule has 0 bridgehead atoms. The van der Waals surface area contributed by atoms with Crippen LogP contribution in [0.1, 0.15) is 36.3 Å². The van der Waals surface area contributed by atoms with E-state index in [1.807, 2.05) is 0 Å². The highest BCUT2D eigenvalue weighted by Gasteiger charge is 2.25. The van der Waals surface area contributed by atoms with Crippen molar-refractivity contribution in [3.8, 4) is 0 Å². The molecule has 0 radical (unpaired) electrons. The Morgan fingerprint density at radius 2 is 2.00 bits per heavy atom. The van der Waals surface area contributed by atoms with Crippen molar-refractivity contribution in [2.75, 3.05) is 0 Å². The summed E-state index contributed by atoms with van der Waals surface area (Å²) in [5.41, 5.74) is -0.778. The zero-order valence-electron chi connectivity index (χ0n) is 10.5. The number of aryl methyl sites for hydroxylation is 1. The molecule has 1 aromatic heterocycles. The van der Waals surface area contributed by atoms with Crippen LogP contribution in [0.5, 0.6) is 0 Å².